The van der Waals surface area contributed by atoms with Crippen LogP contribution >= 0.6 is 11.3 Å². The summed E-state index contributed by atoms with van der Waals surface area (Å²) in [6.07, 6.45) is 7.35. The highest BCUT2D eigenvalue weighted by molar-refractivity contribution is 7.13. The van der Waals surface area contributed by atoms with Crippen molar-refractivity contribution in [3.8, 4) is 32.8 Å². The molecule has 3 fully saturated rings. The smallest absolute Gasteiger partial charge is 0.246 e. The van der Waals surface area contributed by atoms with Gasteiger partial charge in [-0.1, -0.05) is 57.2 Å². The number of aliphatic hydroxyl groups is 1. The summed E-state index contributed by atoms with van der Waals surface area (Å²) >= 11 is 1.57. The number of aryl methyl sites for hydroxylation is 1. The molecule has 4 N–H and O–H groups in total. The predicted molar refractivity (Wildman–Crippen MR) is 285 cm³/mol. The third-order valence-electron chi connectivity index (χ3n) is 14.6. The molecule has 9 rings (SSSR count). The highest BCUT2D eigenvalue weighted by Crippen LogP contribution is 2.33. The summed E-state index contributed by atoms with van der Waals surface area (Å²) in [6, 6.07) is 14.3. The van der Waals surface area contributed by atoms with E-state index in [9.17, 15) is 24.3 Å². The number of aliphatic hydroxyl groups excluding tert-OH is 1. The van der Waals surface area contributed by atoms with Crippen LogP contribution in [0.5, 0.6) is 0 Å². The van der Waals surface area contributed by atoms with E-state index in [4.69, 9.17) is 9.72 Å². The molecule has 0 spiro atoms. The van der Waals surface area contributed by atoms with Gasteiger partial charge >= 0.3 is 0 Å². The molecule has 17 nitrogen and oxygen atoms in total. The van der Waals surface area contributed by atoms with E-state index in [0.29, 0.717) is 86.6 Å². The van der Waals surface area contributed by atoms with Crippen LogP contribution in [0.3, 0.4) is 0 Å². The van der Waals surface area contributed by atoms with Crippen molar-refractivity contribution in [2.24, 2.45) is 5.41 Å². The van der Waals surface area contributed by atoms with Gasteiger partial charge in [0.25, 0.3) is 0 Å². The van der Waals surface area contributed by atoms with Gasteiger partial charge in [-0.05, 0) is 72.9 Å². The van der Waals surface area contributed by atoms with E-state index < -0.39 is 41.1 Å². The maximum absolute atomic E-state index is 15.5. The number of thiazole rings is 1. The predicted octanol–water partition coefficient (Wildman–Crippen LogP) is 6.44. The molecule has 3 aromatic carbocycles. The number of aromatic nitrogens is 5. The molecule has 76 heavy (non-hydrogen) atoms. The van der Waals surface area contributed by atoms with Crippen molar-refractivity contribution in [1.82, 2.24) is 55.4 Å². The first-order chi connectivity index (χ1) is 36.6. The monoisotopic (exact) mass is 1060 g/mol. The fraction of sp³-hybridized carbons (Fsp3) is 0.464. The molecule has 0 unspecified atom stereocenters. The zero-order valence-electron chi connectivity index (χ0n) is 43.6. The van der Waals surface area contributed by atoms with Crippen molar-refractivity contribution in [1.29, 1.82) is 0 Å². The first kappa shape index (κ1) is 54.2. The molecule has 6 heterocycles. The largest absolute Gasteiger partial charge is 0.391 e. The number of hydrogen-bond donors (Lipinski definition) is 4. The number of carbonyl (C=O) groups excluding carboxylic acids is 4. The third kappa shape index (κ3) is 13.1. The Hall–Kier alpha value is -6.58. The van der Waals surface area contributed by atoms with Crippen LogP contribution in [0.1, 0.15) is 82.2 Å². The summed E-state index contributed by atoms with van der Waals surface area (Å²) in [7, 11) is 0. The molecule has 0 aliphatic carbocycles. The quantitative estimate of drug-likeness (QED) is 0.0689. The second-order valence-corrected chi connectivity index (χ2v) is 22.1. The number of likely N-dealkylation sites (tertiary alicyclic amines) is 2. The van der Waals surface area contributed by atoms with Crippen molar-refractivity contribution in [2.75, 3.05) is 59.0 Å². The molecule has 4 amide bonds. The maximum atomic E-state index is 15.5. The van der Waals surface area contributed by atoms with Crippen molar-refractivity contribution in [3.63, 3.8) is 0 Å². The van der Waals surface area contributed by atoms with Crippen LogP contribution < -0.4 is 16.0 Å². The molecule has 3 saturated heterocycles. The number of piperidine rings is 1. The van der Waals surface area contributed by atoms with Gasteiger partial charge in [-0.2, -0.15) is 5.10 Å². The lowest BCUT2D eigenvalue weighted by Gasteiger charge is -2.35. The number of rotatable bonds is 18. The van der Waals surface area contributed by atoms with Crippen LogP contribution in [-0.2, 0) is 37.0 Å². The van der Waals surface area contributed by atoms with Gasteiger partial charge in [0.05, 0.1) is 77.1 Å². The number of morpholine rings is 1. The molecule has 0 radical (unpaired) electrons. The second kappa shape index (κ2) is 24.2. The van der Waals surface area contributed by atoms with Gasteiger partial charge in [0.15, 0.2) is 0 Å². The molecule has 3 aliphatic rings. The summed E-state index contributed by atoms with van der Waals surface area (Å²) < 4.78 is 38.2. The van der Waals surface area contributed by atoms with Crippen LogP contribution in [0.2, 0.25) is 0 Å². The molecule has 0 bridgehead atoms. The van der Waals surface area contributed by atoms with Crippen LogP contribution in [0.4, 0.5) is 8.78 Å². The zero-order valence-corrected chi connectivity index (χ0v) is 44.4. The summed E-state index contributed by atoms with van der Waals surface area (Å²) in [5.74, 6) is -2.41. The Morgan fingerprint density at radius 3 is 2.34 bits per heavy atom. The number of carbonyl (C=O) groups is 4. The lowest BCUT2D eigenvalue weighted by atomic mass is 9.85. The highest BCUT2D eigenvalue weighted by atomic mass is 32.1. The van der Waals surface area contributed by atoms with E-state index in [0.717, 1.165) is 40.1 Å². The number of benzene rings is 3. The zero-order chi connectivity index (χ0) is 53.5. The molecule has 0 saturated carbocycles. The number of amides is 4. The first-order valence-corrected chi connectivity index (χ1v) is 27.1. The molecular formula is C56H67F2N11O6S. The van der Waals surface area contributed by atoms with Crippen LogP contribution in [-0.4, -0.2) is 145 Å². The van der Waals surface area contributed by atoms with Gasteiger partial charge in [-0.25, -0.2) is 18.7 Å². The average molecular weight is 1060 g/mol. The highest BCUT2D eigenvalue weighted by Gasteiger charge is 2.44. The van der Waals surface area contributed by atoms with Gasteiger partial charge in [0.2, 0.25) is 23.6 Å². The molecule has 20 heteroatoms. The minimum Gasteiger partial charge on any atom is -0.391 e. The fourth-order valence-electron chi connectivity index (χ4n) is 10.2. The number of unbranched alkanes of at least 4 members (excludes halogenated alkanes) is 1. The van der Waals surface area contributed by atoms with E-state index in [2.05, 4.69) is 35.9 Å². The Labute approximate surface area is 445 Å². The molecule has 3 aromatic heterocycles. The normalized spacial score (nSPS) is 18.2. The standard InChI is InChI=1S/C56H67F2N11O6S/c1-35-52(76-34-62-35)37-13-11-36(12-14-37)27-61-54(73)48-26-41(70)31-68(48)55(74)53(56(2,3)4)65-49(71)10-5-6-17-59-50(72)33-66-18-15-40(16-19-66)69-30-39(28-63-69)47-29-60-46-9-7-8-42(51(46)64-47)38-24-44(57)43(45(58)25-38)32-67-20-22-75-23-21-67/h7-9,11-14,24-25,28-30,34,40-41,48,53,70H,5-6,10,15-23,26-27,31-33H2,1-4H3,(H,59,72)(H,61,73)(H,65,71)/t41-,48+,53-/m1/s1. The summed E-state index contributed by atoms with van der Waals surface area (Å²) in [6.45, 7) is 12.3. The van der Waals surface area contributed by atoms with Crippen molar-refractivity contribution in [3.05, 3.63) is 107 Å². The number of ether oxygens (including phenoxy) is 1. The van der Waals surface area contributed by atoms with Crippen molar-refractivity contribution >= 4 is 46.0 Å². The Bertz CT molecular complexity index is 3000. The van der Waals surface area contributed by atoms with Gasteiger partial charge in [-0.15, -0.1) is 11.3 Å². The van der Waals surface area contributed by atoms with E-state index in [1.165, 1.54) is 17.0 Å². The maximum Gasteiger partial charge on any atom is 0.246 e. The fourth-order valence-corrected chi connectivity index (χ4v) is 11.0. The topological polar surface area (TPSA) is 200 Å². The number of halogens is 2. The van der Waals surface area contributed by atoms with Gasteiger partial charge in [0.1, 0.15) is 23.7 Å². The van der Waals surface area contributed by atoms with E-state index in [1.54, 1.807) is 35.9 Å². The van der Waals surface area contributed by atoms with Gasteiger partial charge in [-0.3, -0.25) is 38.6 Å². The number of hydrogen-bond acceptors (Lipinski definition) is 13. The van der Waals surface area contributed by atoms with E-state index in [-0.39, 0.29) is 68.3 Å². The lowest BCUT2D eigenvalue weighted by Crippen LogP contribution is -2.57. The summed E-state index contributed by atoms with van der Waals surface area (Å²) in [5.41, 5.74) is 7.49. The van der Waals surface area contributed by atoms with Crippen LogP contribution in [0.25, 0.3) is 43.9 Å². The summed E-state index contributed by atoms with van der Waals surface area (Å²) in [5, 5.41) is 24.1. The van der Waals surface area contributed by atoms with Crippen molar-refractivity contribution < 1.29 is 37.8 Å². The molecule has 3 atom stereocenters. The Morgan fingerprint density at radius 1 is 0.882 bits per heavy atom. The molecule has 6 aromatic rings. The Morgan fingerprint density at radius 2 is 1.63 bits per heavy atom. The SMILES string of the molecule is Cc1ncsc1-c1ccc(CNC(=O)[C@@H]2C[C@@H](O)CN2C(=O)[C@@H](NC(=O)CCCCNC(=O)CN2CCC(n3cc(-c4cnc5cccc(-c6cc(F)c(CN7CCOCC7)c(F)c6)c5n4)cn3)CC2)C(C)(C)C)cc1. The average Bonchev–Trinajstić information content (AvgIpc) is 4.18. The number of nitrogens with zero attached hydrogens (tertiary/aromatic N) is 8. The number of β-amino-alcohol motifs (C(OH)–C–C–N with tert-alkyl or cyclic N) is 1. The minimum absolute atomic E-state index is 0.0130. The lowest BCUT2D eigenvalue weighted by molar-refractivity contribution is -0.144. The number of para-hydroxylation sites is 1. The Kier molecular flexibility index (Phi) is 17.2. The summed E-state index contributed by atoms with van der Waals surface area (Å²) in [4.78, 5) is 74.3. The van der Waals surface area contributed by atoms with E-state index in [1.807, 2.05) is 79.3 Å². The molecule has 3 aliphatic heterocycles. The first-order valence-electron chi connectivity index (χ1n) is 26.2. The molecular weight excluding hydrogens is 993 g/mol. The van der Waals surface area contributed by atoms with Gasteiger partial charge < -0.3 is 30.7 Å². The second-order valence-electron chi connectivity index (χ2n) is 21.2. The Balaban J connectivity index is 0.700. The molecule has 402 valence electrons. The van der Waals surface area contributed by atoms with Crippen LogP contribution in [0, 0.1) is 24.0 Å². The van der Waals surface area contributed by atoms with Crippen molar-refractivity contribution in [2.45, 2.75) is 104 Å². The van der Waals surface area contributed by atoms with Crippen LogP contribution in [0.15, 0.2) is 78.7 Å². The van der Waals surface area contributed by atoms with Gasteiger partial charge in [0, 0.05) is 88.1 Å². The number of fused-ring (bicyclic) bond motifs is 1. The van der Waals surface area contributed by atoms with E-state index >= 15 is 8.78 Å². The third-order valence-corrected chi connectivity index (χ3v) is 15.5. The minimum atomic E-state index is -0.931. The number of nitrogens with one attached hydrogen (secondary N) is 3.